The number of anilines is 1. The Bertz CT molecular complexity index is 834. The number of nitrogens with zero attached hydrogens (tertiary/aromatic N) is 3. The molecule has 3 aliphatic rings. The van der Waals surface area contributed by atoms with Crippen molar-refractivity contribution in [2.45, 2.75) is 39.7 Å². The van der Waals surface area contributed by atoms with E-state index < -0.39 is 0 Å². The van der Waals surface area contributed by atoms with Crippen LogP contribution >= 0.6 is 0 Å². The molecular weight excluding hydrogens is 378 g/mol. The fraction of sp³-hybridized carbons (Fsp3) is 0.565. The molecule has 0 spiro atoms. The number of aromatic amines is 1. The summed E-state index contributed by atoms with van der Waals surface area (Å²) in [5.74, 6) is 1.36. The first-order chi connectivity index (χ1) is 14.5. The lowest BCUT2D eigenvalue weighted by molar-refractivity contribution is 0.187. The van der Waals surface area contributed by atoms with Gasteiger partial charge in [0.05, 0.1) is 19.0 Å². The van der Waals surface area contributed by atoms with Crippen LogP contribution in [0.2, 0.25) is 0 Å². The third-order valence-electron chi connectivity index (χ3n) is 6.41. The number of nitrogens with one attached hydrogen (secondary N) is 2. The van der Waals surface area contributed by atoms with Crippen molar-refractivity contribution in [2.75, 3.05) is 37.7 Å². The minimum absolute atomic E-state index is 0.0377. The van der Waals surface area contributed by atoms with Crippen molar-refractivity contribution in [1.29, 1.82) is 0 Å². The monoisotopic (exact) mass is 411 g/mol. The van der Waals surface area contributed by atoms with Crippen LogP contribution in [-0.2, 0) is 6.42 Å². The van der Waals surface area contributed by atoms with Crippen LogP contribution in [-0.4, -0.2) is 59.7 Å². The molecule has 5 rings (SSSR count). The van der Waals surface area contributed by atoms with E-state index in [1.165, 1.54) is 5.69 Å². The van der Waals surface area contributed by atoms with Gasteiger partial charge in [0.2, 0.25) is 0 Å². The molecule has 2 amide bonds. The molecule has 30 heavy (non-hydrogen) atoms. The zero-order valence-electron chi connectivity index (χ0n) is 18.2. The van der Waals surface area contributed by atoms with E-state index in [0.717, 1.165) is 43.9 Å². The lowest BCUT2D eigenvalue weighted by Crippen LogP contribution is -2.54. The van der Waals surface area contributed by atoms with Crippen molar-refractivity contribution < 1.29 is 9.53 Å². The van der Waals surface area contributed by atoms with Gasteiger partial charge in [-0.15, -0.1) is 0 Å². The predicted molar refractivity (Wildman–Crippen MR) is 118 cm³/mol. The van der Waals surface area contributed by atoms with Gasteiger partial charge >= 0.3 is 6.03 Å². The maximum atomic E-state index is 12.9. The summed E-state index contributed by atoms with van der Waals surface area (Å²) >= 11 is 0. The van der Waals surface area contributed by atoms with Gasteiger partial charge in [-0.25, -0.2) is 9.78 Å². The Morgan fingerprint density at radius 1 is 1.27 bits per heavy atom. The fourth-order valence-electron chi connectivity index (χ4n) is 5.02. The number of amides is 2. The lowest BCUT2D eigenvalue weighted by Gasteiger charge is -2.48. The number of piperidine rings is 1. The number of aromatic nitrogens is 2. The highest BCUT2D eigenvalue weighted by atomic mass is 16.5. The summed E-state index contributed by atoms with van der Waals surface area (Å²) in [6.07, 6.45) is 5.37. The largest absolute Gasteiger partial charge is 0.494 e. The zero-order valence-corrected chi connectivity index (χ0v) is 18.2. The van der Waals surface area contributed by atoms with E-state index in [4.69, 9.17) is 4.74 Å². The predicted octanol–water partition coefficient (Wildman–Crippen LogP) is 3.30. The van der Waals surface area contributed by atoms with Gasteiger partial charge < -0.3 is 24.8 Å². The van der Waals surface area contributed by atoms with Crippen molar-refractivity contribution in [3.63, 3.8) is 0 Å². The second-order valence-corrected chi connectivity index (χ2v) is 9.12. The van der Waals surface area contributed by atoms with Crippen molar-refractivity contribution in [3.8, 4) is 5.75 Å². The third-order valence-corrected chi connectivity index (χ3v) is 6.41. The van der Waals surface area contributed by atoms with Crippen LogP contribution in [0.1, 0.15) is 32.9 Å². The van der Waals surface area contributed by atoms with Gasteiger partial charge in [0, 0.05) is 50.2 Å². The summed E-state index contributed by atoms with van der Waals surface area (Å²) < 4.78 is 5.60. The fourth-order valence-corrected chi connectivity index (χ4v) is 5.02. The molecule has 1 aromatic heterocycles. The molecule has 3 aliphatic heterocycles. The molecule has 7 heteroatoms. The normalized spacial score (nSPS) is 22.6. The molecule has 3 saturated heterocycles. The minimum Gasteiger partial charge on any atom is -0.494 e. The highest BCUT2D eigenvalue weighted by molar-refractivity contribution is 5.74. The highest BCUT2D eigenvalue weighted by Crippen LogP contribution is 2.43. The van der Waals surface area contributed by atoms with Gasteiger partial charge in [0.15, 0.2) is 0 Å². The number of carbonyl (C=O) groups is 1. The molecule has 0 aliphatic carbocycles. The molecule has 0 saturated carbocycles. The molecule has 3 fully saturated rings. The molecule has 7 nitrogen and oxygen atoms in total. The minimum atomic E-state index is 0.0377. The highest BCUT2D eigenvalue weighted by Gasteiger charge is 2.46. The first-order valence-electron chi connectivity index (χ1n) is 11.0. The standard InChI is InChI=1S/C23H33N5O2/c1-4-30-20-7-5-19(6-8-20)28-14-17-11-23(2,3)21(28)15-27(13-17)22(29)25-10-9-18-12-24-16-26-18/h5-8,12,16-17,21H,4,9-11,13-15H2,1-3H3,(H,24,26)(H,25,29)/t17?,21-/m1/s1. The number of hydrogen-bond donors (Lipinski definition) is 2. The van der Waals surface area contributed by atoms with E-state index in [1.807, 2.05) is 24.0 Å². The van der Waals surface area contributed by atoms with Crippen LogP contribution in [0.5, 0.6) is 5.75 Å². The smallest absolute Gasteiger partial charge is 0.317 e. The topological polar surface area (TPSA) is 73.5 Å². The second-order valence-electron chi connectivity index (χ2n) is 9.12. The van der Waals surface area contributed by atoms with Gasteiger partial charge in [-0.2, -0.15) is 0 Å². The number of imidazole rings is 1. The molecular formula is C23H33N5O2. The Hall–Kier alpha value is -2.70. The quantitative estimate of drug-likeness (QED) is 0.765. The summed E-state index contributed by atoms with van der Waals surface area (Å²) in [5, 5.41) is 3.09. The maximum absolute atomic E-state index is 12.9. The summed E-state index contributed by atoms with van der Waals surface area (Å²) in [6, 6.07) is 8.71. The van der Waals surface area contributed by atoms with E-state index >= 15 is 0 Å². The molecule has 162 valence electrons. The van der Waals surface area contributed by atoms with Crippen molar-refractivity contribution in [1.82, 2.24) is 20.2 Å². The van der Waals surface area contributed by atoms with Crippen molar-refractivity contribution in [2.24, 2.45) is 11.3 Å². The summed E-state index contributed by atoms with van der Waals surface area (Å²) in [5.41, 5.74) is 2.39. The van der Waals surface area contributed by atoms with Crippen molar-refractivity contribution in [3.05, 3.63) is 42.5 Å². The Balaban J connectivity index is 1.45. The number of ether oxygens (including phenoxy) is 1. The maximum Gasteiger partial charge on any atom is 0.317 e. The molecule has 2 atom stereocenters. The number of fused-ring (bicyclic) bond motifs is 4. The molecule has 4 heterocycles. The number of benzene rings is 1. The SMILES string of the molecule is CCOc1ccc(N2CC3CN(C(=O)NCCc4cnc[nH]4)C[C@@H]2C(C)(C)C3)cc1. The molecule has 2 N–H and O–H groups in total. The summed E-state index contributed by atoms with van der Waals surface area (Å²) in [7, 11) is 0. The van der Waals surface area contributed by atoms with Gasteiger partial charge in [0.1, 0.15) is 5.75 Å². The van der Waals surface area contributed by atoms with Crippen LogP contribution in [0, 0.1) is 11.3 Å². The first kappa shape index (κ1) is 20.6. The van der Waals surface area contributed by atoms with Crippen molar-refractivity contribution >= 4 is 11.7 Å². The van der Waals surface area contributed by atoms with Gasteiger partial charge in [-0.1, -0.05) is 13.8 Å². The number of rotatable bonds is 6. The molecule has 2 aromatic rings. The van der Waals surface area contributed by atoms with Gasteiger partial charge in [-0.3, -0.25) is 0 Å². The van der Waals surface area contributed by atoms with E-state index in [0.29, 0.717) is 19.1 Å². The van der Waals surface area contributed by atoms with Crippen LogP contribution in [0.15, 0.2) is 36.8 Å². The Labute approximate surface area is 178 Å². The molecule has 2 bridgehead atoms. The average Bonchev–Trinajstić information content (AvgIpc) is 3.10. The van der Waals surface area contributed by atoms with E-state index in [9.17, 15) is 4.79 Å². The van der Waals surface area contributed by atoms with E-state index in [2.05, 4.69) is 46.2 Å². The summed E-state index contributed by atoms with van der Waals surface area (Å²) in [6.45, 7) is 10.5. The zero-order chi connectivity index (χ0) is 21.1. The van der Waals surface area contributed by atoms with E-state index in [1.54, 1.807) is 12.5 Å². The number of H-pyrrole nitrogens is 1. The van der Waals surface area contributed by atoms with Crippen LogP contribution in [0.4, 0.5) is 10.5 Å². The van der Waals surface area contributed by atoms with Crippen LogP contribution in [0.3, 0.4) is 0 Å². The third kappa shape index (κ3) is 4.40. The number of hydrogen-bond acceptors (Lipinski definition) is 4. The average molecular weight is 412 g/mol. The summed E-state index contributed by atoms with van der Waals surface area (Å²) in [4.78, 5) is 24.6. The van der Waals surface area contributed by atoms with Crippen LogP contribution < -0.4 is 15.0 Å². The van der Waals surface area contributed by atoms with Crippen LogP contribution in [0.25, 0.3) is 0 Å². The Kier molecular flexibility index (Phi) is 5.88. The lowest BCUT2D eigenvalue weighted by atomic mass is 9.73. The number of urea groups is 1. The van der Waals surface area contributed by atoms with Gasteiger partial charge in [-0.05, 0) is 48.9 Å². The second kappa shape index (κ2) is 8.58. The Morgan fingerprint density at radius 3 is 2.77 bits per heavy atom. The van der Waals surface area contributed by atoms with Gasteiger partial charge in [0.25, 0.3) is 0 Å². The molecule has 1 unspecified atom stereocenters. The Morgan fingerprint density at radius 2 is 2.07 bits per heavy atom. The molecule has 0 radical (unpaired) electrons. The molecule has 1 aromatic carbocycles. The van der Waals surface area contributed by atoms with E-state index in [-0.39, 0.29) is 17.5 Å². The first-order valence-corrected chi connectivity index (χ1v) is 11.0. The number of carbonyl (C=O) groups excluding carboxylic acids is 1.